The SMILES string of the molecule is CSc1ccc(NN=C(Cl)c2ccccc2)cc1. The van der Waals surface area contributed by atoms with Crippen molar-refractivity contribution in [2.24, 2.45) is 5.10 Å². The highest BCUT2D eigenvalue weighted by Gasteiger charge is 1.98. The number of benzene rings is 2. The lowest BCUT2D eigenvalue weighted by molar-refractivity contribution is 1.32. The molecule has 0 bridgehead atoms. The molecule has 0 aliphatic heterocycles. The maximum absolute atomic E-state index is 6.10. The average molecular weight is 277 g/mol. The van der Waals surface area contributed by atoms with E-state index in [0.29, 0.717) is 5.17 Å². The summed E-state index contributed by atoms with van der Waals surface area (Å²) < 4.78 is 0. The maximum Gasteiger partial charge on any atom is 0.156 e. The third-order valence-corrected chi connectivity index (χ3v) is 3.43. The second kappa shape index (κ2) is 6.47. The van der Waals surface area contributed by atoms with E-state index in [4.69, 9.17) is 11.6 Å². The van der Waals surface area contributed by atoms with E-state index in [0.717, 1.165) is 11.3 Å². The standard InChI is InChI=1S/C14H13ClN2S/c1-18-13-9-7-12(8-10-13)16-17-14(15)11-5-3-2-4-6-11/h2-10,16H,1H3. The molecule has 4 heteroatoms. The zero-order valence-corrected chi connectivity index (χ0v) is 11.5. The van der Waals surface area contributed by atoms with Crippen LogP contribution in [0.15, 0.2) is 64.6 Å². The predicted octanol–water partition coefficient (Wildman–Crippen LogP) is 4.42. The minimum atomic E-state index is 0.449. The molecule has 0 amide bonds. The molecule has 0 heterocycles. The number of rotatable bonds is 4. The number of anilines is 1. The Labute approximate surface area is 116 Å². The Hall–Kier alpha value is -1.45. The van der Waals surface area contributed by atoms with Gasteiger partial charge in [0.05, 0.1) is 5.69 Å². The van der Waals surface area contributed by atoms with Crippen molar-refractivity contribution < 1.29 is 0 Å². The lowest BCUT2D eigenvalue weighted by Crippen LogP contribution is -1.96. The van der Waals surface area contributed by atoms with Crippen LogP contribution in [0, 0.1) is 0 Å². The fraction of sp³-hybridized carbons (Fsp3) is 0.0714. The fourth-order valence-corrected chi connectivity index (χ4v) is 2.00. The number of nitrogens with one attached hydrogen (secondary N) is 1. The molecule has 0 saturated heterocycles. The van der Waals surface area contributed by atoms with Crippen LogP contribution in [0.3, 0.4) is 0 Å². The second-order valence-electron chi connectivity index (χ2n) is 3.61. The molecule has 2 rings (SSSR count). The van der Waals surface area contributed by atoms with E-state index >= 15 is 0 Å². The maximum atomic E-state index is 6.10. The van der Waals surface area contributed by atoms with E-state index in [1.54, 1.807) is 11.8 Å². The smallest absolute Gasteiger partial charge is 0.156 e. The van der Waals surface area contributed by atoms with Gasteiger partial charge in [-0.3, -0.25) is 5.43 Å². The zero-order valence-electron chi connectivity index (χ0n) is 9.93. The van der Waals surface area contributed by atoms with E-state index in [-0.39, 0.29) is 0 Å². The molecule has 0 aliphatic carbocycles. The lowest BCUT2D eigenvalue weighted by Gasteiger charge is -2.03. The summed E-state index contributed by atoms with van der Waals surface area (Å²) in [7, 11) is 0. The van der Waals surface area contributed by atoms with Crippen LogP contribution in [0.1, 0.15) is 5.56 Å². The second-order valence-corrected chi connectivity index (χ2v) is 4.85. The Morgan fingerprint density at radius 1 is 1.06 bits per heavy atom. The van der Waals surface area contributed by atoms with Crippen LogP contribution in [0.2, 0.25) is 0 Å². The number of halogens is 1. The Morgan fingerprint density at radius 2 is 1.72 bits per heavy atom. The summed E-state index contributed by atoms with van der Waals surface area (Å²) >= 11 is 7.81. The minimum Gasteiger partial charge on any atom is -0.277 e. The van der Waals surface area contributed by atoms with Crippen LogP contribution < -0.4 is 5.43 Å². The zero-order chi connectivity index (χ0) is 12.8. The number of hydrazone groups is 1. The van der Waals surface area contributed by atoms with Crippen LogP contribution in [-0.4, -0.2) is 11.4 Å². The molecule has 0 atom stereocenters. The van der Waals surface area contributed by atoms with E-state index in [1.807, 2.05) is 60.9 Å². The lowest BCUT2D eigenvalue weighted by atomic mass is 10.2. The van der Waals surface area contributed by atoms with E-state index in [9.17, 15) is 0 Å². The first-order valence-corrected chi connectivity index (χ1v) is 7.08. The van der Waals surface area contributed by atoms with Crippen molar-refractivity contribution in [2.45, 2.75) is 4.90 Å². The third-order valence-electron chi connectivity index (χ3n) is 2.39. The molecule has 0 aromatic heterocycles. The molecule has 0 fully saturated rings. The van der Waals surface area contributed by atoms with Crippen LogP contribution in [0.4, 0.5) is 5.69 Å². The Balaban J connectivity index is 2.05. The van der Waals surface area contributed by atoms with Crippen molar-refractivity contribution in [2.75, 3.05) is 11.7 Å². The Kier molecular flexibility index (Phi) is 4.67. The summed E-state index contributed by atoms with van der Waals surface area (Å²) in [5.41, 5.74) is 4.76. The normalized spacial score (nSPS) is 11.3. The first-order valence-electron chi connectivity index (χ1n) is 5.48. The average Bonchev–Trinajstić information content (AvgIpc) is 2.46. The van der Waals surface area contributed by atoms with Crippen LogP contribution in [0.25, 0.3) is 0 Å². The first-order chi connectivity index (χ1) is 8.79. The van der Waals surface area contributed by atoms with Gasteiger partial charge in [-0.05, 0) is 30.5 Å². The number of thioether (sulfide) groups is 1. The molecule has 0 spiro atoms. The Bertz CT molecular complexity index is 523. The molecule has 0 aliphatic rings. The molecule has 2 aromatic carbocycles. The third kappa shape index (κ3) is 3.52. The molecule has 92 valence electrons. The molecule has 0 radical (unpaired) electrons. The molecule has 0 unspecified atom stereocenters. The molecular formula is C14H13ClN2S. The van der Waals surface area contributed by atoms with Crippen molar-refractivity contribution in [3.8, 4) is 0 Å². The van der Waals surface area contributed by atoms with Crippen molar-refractivity contribution in [3.05, 3.63) is 60.2 Å². The molecule has 0 saturated carbocycles. The summed E-state index contributed by atoms with van der Waals surface area (Å²) in [5.74, 6) is 0. The fourth-order valence-electron chi connectivity index (χ4n) is 1.42. The van der Waals surface area contributed by atoms with Crippen LogP contribution in [0.5, 0.6) is 0 Å². The summed E-state index contributed by atoms with van der Waals surface area (Å²) in [6, 6.07) is 17.7. The van der Waals surface area contributed by atoms with Crippen molar-refractivity contribution in [1.29, 1.82) is 0 Å². The highest BCUT2D eigenvalue weighted by molar-refractivity contribution is 7.98. The van der Waals surface area contributed by atoms with Gasteiger partial charge in [0.15, 0.2) is 5.17 Å². The van der Waals surface area contributed by atoms with Crippen molar-refractivity contribution in [1.82, 2.24) is 0 Å². The first kappa shape index (κ1) is 13.0. The molecule has 18 heavy (non-hydrogen) atoms. The summed E-state index contributed by atoms with van der Waals surface area (Å²) in [6.45, 7) is 0. The van der Waals surface area contributed by atoms with Crippen molar-refractivity contribution in [3.63, 3.8) is 0 Å². The van der Waals surface area contributed by atoms with Crippen LogP contribution in [-0.2, 0) is 0 Å². The summed E-state index contributed by atoms with van der Waals surface area (Å²) in [6.07, 6.45) is 2.05. The van der Waals surface area contributed by atoms with Gasteiger partial charge >= 0.3 is 0 Å². The van der Waals surface area contributed by atoms with Gasteiger partial charge < -0.3 is 0 Å². The monoisotopic (exact) mass is 276 g/mol. The van der Waals surface area contributed by atoms with Gasteiger partial charge in [0.1, 0.15) is 0 Å². The van der Waals surface area contributed by atoms with Crippen LogP contribution >= 0.6 is 23.4 Å². The van der Waals surface area contributed by atoms with Gasteiger partial charge in [-0.25, -0.2) is 0 Å². The number of hydrogen-bond acceptors (Lipinski definition) is 3. The largest absolute Gasteiger partial charge is 0.277 e. The van der Waals surface area contributed by atoms with Crippen molar-refractivity contribution >= 4 is 34.2 Å². The van der Waals surface area contributed by atoms with Gasteiger partial charge in [-0.1, -0.05) is 41.9 Å². The van der Waals surface area contributed by atoms with E-state index < -0.39 is 0 Å². The number of nitrogens with zero attached hydrogens (tertiary/aromatic N) is 1. The quantitative estimate of drug-likeness (QED) is 0.508. The highest BCUT2D eigenvalue weighted by atomic mass is 35.5. The molecule has 2 nitrogen and oxygen atoms in total. The molecule has 2 aromatic rings. The number of hydrogen-bond donors (Lipinski definition) is 1. The molecular weight excluding hydrogens is 264 g/mol. The summed E-state index contributed by atoms with van der Waals surface area (Å²) in [5, 5.41) is 4.59. The summed E-state index contributed by atoms with van der Waals surface area (Å²) in [4.78, 5) is 1.22. The Morgan fingerprint density at radius 3 is 2.33 bits per heavy atom. The molecule has 1 N–H and O–H groups in total. The topological polar surface area (TPSA) is 24.4 Å². The minimum absolute atomic E-state index is 0.449. The highest BCUT2D eigenvalue weighted by Crippen LogP contribution is 2.17. The van der Waals surface area contributed by atoms with Gasteiger partial charge in [0.25, 0.3) is 0 Å². The predicted molar refractivity (Wildman–Crippen MR) is 80.7 cm³/mol. The van der Waals surface area contributed by atoms with E-state index in [2.05, 4.69) is 10.5 Å². The van der Waals surface area contributed by atoms with E-state index in [1.165, 1.54) is 4.90 Å². The van der Waals surface area contributed by atoms with Gasteiger partial charge in [-0.15, -0.1) is 11.8 Å². The van der Waals surface area contributed by atoms with Gasteiger partial charge in [0, 0.05) is 10.5 Å². The van der Waals surface area contributed by atoms with Gasteiger partial charge in [0.2, 0.25) is 0 Å². The van der Waals surface area contributed by atoms with Gasteiger partial charge in [-0.2, -0.15) is 5.10 Å².